The first-order valence-corrected chi connectivity index (χ1v) is 15.2. The summed E-state index contributed by atoms with van der Waals surface area (Å²) in [4.78, 5) is 51.5. The molecule has 0 heterocycles. The molecule has 0 unspecified atom stereocenters. The topological polar surface area (TPSA) is 116 Å². The number of hydrogen-bond donors (Lipinski definition) is 1. The van der Waals surface area contributed by atoms with E-state index in [0.29, 0.717) is 12.0 Å². The number of ether oxygens (including phenoxy) is 3. The summed E-state index contributed by atoms with van der Waals surface area (Å²) in [6.45, 7) is 14.4. The normalized spacial score (nSPS) is 36.5. The number of rotatable bonds is 9. The third kappa shape index (κ3) is 5.10. The highest BCUT2D eigenvalue weighted by Crippen LogP contribution is 2.77. The first-order valence-electron chi connectivity index (χ1n) is 15.2. The lowest BCUT2D eigenvalue weighted by Crippen LogP contribution is -2.63. The van der Waals surface area contributed by atoms with Gasteiger partial charge >= 0.3 is 17.9 Å². The Morgan fingerprint density at radius 1 is 1.14 bits per heavy atom. The lowest BCUT2D eigenvalue weighted by atomic mass is 9.60. The van der Waals surface area contributed by atoms with E-state index >= 15 is 0 Å². The van der Waals surface area contributed by atoms with Crippen molar-refractivity contribution in [3.05, 3.63) is 47.6 Å². The summed E-state index contributed by atoms with van der Waals surface area (Å²) in [6.07, 6.45) is 11.7. The van der Waals surface area contributed by atoms with Crippen molar-refractivity contribution in [3.63, 3.8) is 0 Å². The van der Waals surface area contributed by atoms with Crippen LogP contribution in [-0.4, -0.2) is 52.7 Å². The number of esters is 3. The van der Waals surface area contributed by atoms with Crippen molar-refractivity contribution in [2.45, 2.75) is 92.0 Å². The van der Waals surface area contributed by atoms with Gasteiger partial charge in [0, 0.05) is 48.0 Å². The molecule has 42 heavy (non-hydrogen) atoms. The Hall–Kier alpha value is -3.00. The number of carbonyl (C=O) groups is 4. The number of fused-ring (bicyclic) bond motifs is 5. The average Bonchev–Trinajstić information content (AvgIpc) is 3.31. The first-order chi connectivity index (χ1) is 19.6. The minimum atomic E-state index is -1.50. The van der Waals surface area contributed by atoms with Gasteiger partial charge in [-0.3, -0.25) is 14.4 Å². The molecule has 4 aliphatic carbocycles. The van der Waals surface area contributed by atoms with E-state index < -0.39 is 76.1 Å². The average molecular weight is 583 g/mol. The van der Waals surface area contributed by atoms with Gasteiger partial charge in [0.15, 0.2) is 11.4 Å². The maximum absolute atomic E-state index is 13.4. The van der Waals surface area contributed by atoms with Crippen LogP contribution in [0.4, 0.5) is 0 Å². The Kier molecular flexibility index (Phi) is 8.81. The van der Waals surface area contributed by atoms with Gasteiger partial charge in [0.05, 0.1) is 11.5 Å². The van der Waals surface area contributed by atoms with Gasteiger partial charge in [0.1, 0.15) is 12.7 Å². The van der Waals surface area contributed by atoms with Crippen molar-refractivity contribution < 1.29 is 38.5 Å². The maximum Gasteiger partial charge on any atom is 0.331 e. The zero-order valence-electron chi connectivity index (χ0n) is 26.1. The third-order valence-corrected chi connectivity index (χ3v) is 10.1. The van der Waals surface area contributed by atoms with E-state index in [1.54, 1.807) is 32.9 Å². The van der Waals surface area contributed by atoms with Gasteiger partial charge < -0.3 is 19.3 Å². The Balaban J connectivity index is 1.84. The monoisotopic (exact) mass is 582 g/mol. The van der Waals surface area contributed by atoms with Crippen LogP contribution in [-0.2, 0) is 33.4 Å². The van der Waals surface area contributed by atoms with Crippen molar-refractivity contribution in [3.8, 4) is 0 Å². The molecule has 0 aromatic carbocycles. The summed E-state index contributed by atoms with van der Waals surface area (Å²) in [5, 5.41) is 12.9. The number of ketones is 1. The number of unbranched alkanes of at least 4 members (excludes halogenated alkanes) is 1. The highest BCUT2D eigenvalue weighted by Gasteiger charge is 2.87. The zero-order chi connectivity index (χ0) is 31.2. The van der Waals surface area contributed by atoms with Crippen LogP contribution in [0.5, 0.6) is 0 Å². The van der Waals surface area contributed by atoms with E-state index in [4.69, 9.17) is 14.2 Å². The first kappa shape index (κ1) is 31.9. The standard InChI is InChI=1S/C34H46O8/c1-9-10-11-12-13-14-27(36)41-30-21(5)33(39)25-15-20(4)28(37)24(25)16-23(18-40-22(6)35)17-26(33)29-32(7,8)34(29,30)42-31(38)19(2)3/h11-15,17,19,21,24-26,29-30,39H,9-10,16,18H2,1-8H3/b12-11+,14-13-/t21-,24+,25-,26+,29-,30-,33+,34-/m1/s1. The van der Waals surface area contributed by atoms with E-state index in [-0.39, 0.29) is 12.4 Å². The van der Waals surface area contributed by atoms with Gasteiger partial charge in [-0.15, -0.1) is 0 Å². The molecule has 8 atom stereocenters. The molecule has 4 aliphatic rings. The highest BCUT2D eigenvalue weighted by atomic mass is 16.6. The number of hydrogen-bond acceptors (Lipinski definition) is 8. The van der Waals surface area contributed by atoms with Crippen molar-refractivity contribution >= 4 is 23.7 Å². The van der Waals surface area contributed by atoms with Crippen LogP contribution < -0.4 is 0 Å². The van der Waals surface area contributed by atoms with Gasteiger partial charge in [-0.25, -0.2) is 4.79 Å². The van der Waals surface area contributed by atoms with Crippen LogP contribution in [0, 0.1) is 40.9 Å². The number of carbonyl (C=O) groups excluding carboxylic acids is 4. The molecule has 0 amide bonds. The van der Waals surface area contributed by atoms with Crippen molar-refractivity contribution in [2.75, 3.05) is 6.61 Å². The summed E-state index contributed by atoms with van der Waals surface area (Å²) in [6, 6.07) is 0. The Labute approximate surface area is 249 Å². The second-order valence-corrected chi connectivity index (χ2v) is 13.4. The summed E-state index contributed by atoms with van der Waals surface area (Å²) in [7, 11) is 0. The predicted molar refractivity (Wildman–Crippen MR) is 157 cm³/mol. The number of allylic oxidation sites excluding steroid dienone is 4. The largest absolute Gasteiger partial charge is 0.461 e. The van der Waals surface area contributed by atoms with Crippen molar-refractivity contribution in [1.29, 1.82) is 0 Å². The molecule has 0 radical (unpaired) electrons. The van der Waals surface area contributed by atoms with Crippen LogP contribution in [0.25, 0.3) is 0 Å². The van der Waals surface area contributed by atoms with E-state index in [0.717, 1.165) is 18.4 Å². The fourth-order valence-corrected chi connectivity index (χ4v) is 7.87. The molecule has 0 aliphatic heterocycles. The Morgan fingerprint density at radius 2 is 1.83 bits per heavy atom. The molecule has 2 saturated carbocycles. The molecular weight excluding hydrogens is 536 g/mol. The summed E-state index contributed by atoms with van der Waals surface area (Å²) >= 11 is 0. The molecule has 0 aromatic rings. The van der Waals surface area contributed by atoms with Gasteiger partial charge in [-0.05, 0) is 30.9 Å². The molecular formula is C34H46O8. The van der Waals surface area contributed by atoms with Crippen LogP contribution >= 0.6 is 0 Å². The summed E-state index contributed by atoms with van der Waals surface area (Å²) in [5.74, 6) is -4.70. The Bertz CT molecular complexity index is 1250. The molecule has 0 saturated heterocycles. The van der Waals surface area contributed by atoms with Gasteiger partial charge in [-0.2, -0.15) is 0 Å². The predicted octanol–water partition coefficient (Wildman–Crippen LogP) is 5.06. The van der Waals surface area contributed by atoms with Crippen LogP contribution in [0.2, 0.25) is 0 Å². The van der Waals surface area contributed by atoms with Gasteiger partial charge in [0.2, 0.25) is 0 Å². The summed E-state index contributed by atoms with van der Waals surface area (Å²) < 4.78 is 17.8. The minimum absolute atomic E-state index is 0.00648. The SMILES string of the molecule is CCC/C=C/C=C\C(=O)O[C@@H]1[C@@H](C)[C@]2(O)[C@@H]3C=C(C)C(=O)[C@H]3CC(COC(C)=O)=C[C@H]2[C@@H]2C(C)(C)[C@]12OC(=O)C(C)C. The summed E-state index contributed by atoms with van der Waals surface area (Å²) in [5.41, 5.74) is -2.06. The van der Waals surface area contributed by atoms with E-state index in [1.807, 2.05) is 39.0 Å². The van der Waals surface area contributed by atoms with Gasteiger partial charge in [-0.1, -0.05) is 78.3 Å². The Morgan fingerprint density at radius 3 is 2.45 bits per heavy atom. The van der Waals surface area contributed by atoms with E-state index in [9.17, 15) is 24.3 Å². The lowest BCUT2D eigenvalue weighted by molar-refractivity contribution is -0.219. The molecule has 8 heteroatoms. The maximum atomic E-state index is 13.4. The second kappa shape index (κ2) is 11.6. The van der Waals surface area contributed by atoms with Crippen molar-refractivity contribution in [1.82, 2.24) is 0 Å². The lowest BCUT2D eigenvalue weighted by Gasteiger charge is -2.52. The van der Waals surface area contributed by atoms with E-state index in [1.165, 1.54) is 13.0 Å². The fraction of sp³-hybridized carbons (Fsp3) is 0.647. The highest BCUT2D eigenvalue weighted by molar-refractivity contribution is 6.00. The molecule has 4 rings (SSSR count). The number of aliphatic hydroxyl groups is 1. The number of Topliss-reactive ketones (excluding diaryl/α,β-unsaturated/α-hetero) is 1. The van der Waals surface area contributed by atoms with Crippen LogP contribution in [0.3, 0.4) is 0 Å². The minimum Gasteiger partial charge on any atom is -0.461 e. The smallest absolute Gasteiger partial charge is 0.331 e. The molecule has 0 aromatic heterocycles. The molecule has 8 nitrogen and oxygen atoms in total. The molecule has 1 N–H and O–H groups in total. The van der Waals surface area contributed by atoms with Crippen molar-refractivity contribution in [2.24, 2.45) is 40.9 Å². The molecule has 230 valence electrons. The van der Waals surface area contributed by atoms with Gasteiger partial charge in [0.25, 0.3) is 0 Å². The zero-order valence-corrected chi connectivity index (χ0v) is 26.1. The van der Waals surface area contributed by atoms with E-state index in [2.05, 4.69) is 6.92 Å². The fourth-order valence-electron chi connectivity index (χ4n) is 7.87. The molecule has 0 bridgehead atoms. The van der Waals surface area contributed by atoms with Crippen LogP contribution in [0.1, 0.15) is 74.7 Å². The molecule has 0 spiro atoms. The second-order valence-electron chi connectivity index (χ2n) is 13.4. The molecule has 2 fully saturated rings. The third-order valence-electron chi connectivity index (χ3n) is 10.1. The van der Waals surface area contributed by atoms with Crippen LogP contribution in [0.15, 0.2) is 47.6 Å². The quantitative estimate of drug-likeness (QED) is 0.132.